The Morgan fingerprint density at radius 1 is 1.38 bits per heavy atom. The third kappa shape index (κ3) is 1.66. The van der Waals surface area contributed by atoms with Crippen LogP contribution in [-0.4, -0.2) is 14.6 Å². The van der Waals surface area contributed by atoms with Gasteiger partial charge < -0.3 is 0 Å². The predicted molar refractivity (Wildman–Crippen MR) is 56.7 cm³/mol. The molecule has 5 heteroatoms. The normalized spacial score (nSPS) is 13.6. The minimum absolute atomic E-state index is 0.290. The summed E-state index contributed by atoms with van der Waals surface area (Å²) in [5.74, 6) is -0.00132. The highest BCUT2D eigenvalue weighted by atomic mass is 19.3. The summed E-state index contributed by atoms with van der Waals surface area (Å²) in [4.78, 5) is 0. The molecule has 2 heterocycles. The lowest BCUT2D eigenvalue weighted by atomic mass is 10.00. The maximum Gasteiger partial charge on any atom is 0.297 e. The molecule has 86 valence electrons. The zero-order valence-corrected chi connectivity index (χ0v) is 9.19. The molecule has 0 N–H and O–H groups in total. The summed E-state index contributed by atoms with van der Waals surface area (Å²) in [7, 11) is 0. The van der Waals surface area contributed by atoms with Gasteiger partial charge in [0.2, 0.25) is 5.82 Å². The summed E-state index contributed by atoms with van der Waals surface area (Å²) in [6.45, 7) is 4.10. The topological polar surface area (TPSA) is 30.2 Å². The quantitative estimate of drug-likeness (QED) is 0.803. The first kappa shape index (κ1) is 11.0. The highest BCUT2D eigenvalue weighted by molar-refractivity contribution is 5.49. The van der Waals surface area contributed by atoms with Gasteiger partial charge in [-0.05, 0) is 18.4 Å². The van der Waals surface area contributed by atoms with Gasteiger partial charge in [-0.25, -0.2) is 8.78 Å². The highest BCUT2D eigenvalue weighted by Gasteiger charge is 2.18. The number of alkyl halides is 2. The van der Waals surface area contributed by atoms with E-state index in [4.69, 9.17) is 0 Å². The van der Waals surface area contributed by atoms with E-state index in [1.807, 2.05) is 13.0 Å². The van der Waals surface area contributed by atoms with Gasteiger partial charge in [-0.2, -0.15) is 0 Å². The zero-order chi connectivity index (χ0) is 11.7. The van der Waals surface area contributed by atoms with Crippen LogP contribution in [0, 0.1) is 0 Å². The van der Waals surface area contributed by atoms with Crippen LogP contribution in [0.2, 0.25) is 0 Å². The van der Waals surface area contributed by atoms with Gasteiger partial charge in [0.25, 0.3) is 6.43 Å². The van der Waals surface area contributed by atoms with Crippen LogP contribution in [0.3, 0.4) is 0 Å². The molecule has 0 bridgehead atoms. The van der Waals surface area contributed by atoms with Crippen molar-refractivity contribution in [1.82, 2.24) is 14.6 Å². The van der Waals surface area contributed by atoms with Crippen LogP contribution in [0.15, 0.2) is 18.3 Å². The van der Waals surface area contributed by atoms with Gasteiger partial charge in [-0.1, -0.05) is 19.9 Å². The summed E-state index contributed by atoms with van der Waals surface area (Å²) < 4.78 is 26.6. The fraction of sp³-hybridized carbons (Fsp3) is 0.455. The van der Waals surface area contributed by atoms with Crippen LogP contribution in [0.4, 0.5) is 8.78 Å². The van der Waals surface area contributed by atoms with Crippen LogP contribution >= 0.6 is 0 Å². The molecule has 0 amide bonds. The molecule has 0 aliphatic carbocycles. The van der Waals surface area contributed by atoms with Gasteiger partial charge >= 0.3 is 0 Å². The lowest BCUT2D eigenvalue weighted by molar-refractivity contribution is 0.139. The van der Waals surface area contributed by atoms with Crippen LogP contribution in [0.25, 0.3) is 5.65 Å². The minimum Gasteiger partial charge on any atom is -0.281 e. The number of pyridine rings is 1. The predicted octanol–water partition coefficient (Wildman–Crippen LogP) is 3.18. The average molecular weight is 225 g/mol. The molecule has 2 rings (SSSR count). The van der Waals surface area contributed by atoms with E-state index < -0.39 is 6.43 Å². The van der Waals surface area contributed by atoms with Gasteiger partial charge in [0, 0.05) is 11.8 Å². The second-order valence-electron chi connectivity index (χ2n) is 3.83. The SMILES string of the molecule is CCC(C)c1cccn2c(C(F)F)nnc12. The van der Waals surface area contributed by atoms with Crippen molar-refractivity contribution in [3.8, 4) is 0 Å². The van der Waals surface area contributed by atoms with Crippen molar-refractivity contribution >= 4 is 5.65 Å². The van der Waals surface area contributed by atoms with E-state index in [0.29, 0.717) is 11.6 Å². The smallest absolute Gasteiger partial charge is 0.281 e. The molecule has 0 aliphatic rings. The fourth-order valence-corrected chi connectivity index (χ4v) is 1.71. The Hall–Kier alpha value is -1.52. The number of hydrogen-bond acceptors (Lipinski definition) is 2. The van der Waals surface area contributed by atoms with Gasteiger partial charge in [-0.15, -0.1) is 10.2 Å². The van der Waals surface area contributed by atoms with Crippen LogP contribution in [0.1, 0.15) is 44.0 Å². The maximum absolute atomic E-state index is 12.6. The maximum atomic E-state index is 12.6. The number of aromatic nitrogens is 3. The summed E-state index contributed by atoms with van der Waals surface area (Å²) in [6, 6.07) is 3.66. The monoisotopic (exact) mass is 225 g/mol. The Morgan fingerprint density at radius 2 is 2.12 bits per heavy atom. The first-order chi connectivity index (χ1) is 7.65. The molecule has 0 spiro atoms. The largest absolute Gasteiger partial charge is 0.297 e. The van der Waals surface area contributed by atoms with Crippen molar-refractivity contribution in [1.29, 1.82) is 0 Å². The Bertz CT molecular complexity index is 493. The highest BCUT2D eigenvalue weighted by Crippen LogP contribution is 2.25. The molecular formula is C11H13F2N3. The standard InChI is InChI=1S/C11H13F2N3/c1-3-7(2)8-5-4-6-16-10(8)14-15-11(16)9(12)13/h4-7,9H,3H2,1-2H3. The van der Waals surface area contributed by atoms with Crippen molar-refractivity contribution in [2.45, 2.75) is 32.6 Å². The molecule has 0 fully saturated rings. The molecule has 0 aromatic carbocycles. The summed E-state index contributed by atoms with van der Waals surface area (Å²) in [6.07, 6.45) is -0.0821. The van der Waals surface area contributed by atoms with E-state index in [1.165, 1.54) is 4.40 Å². The van der Waals surface area contributed by atoms with Crippen LogP contribution in [-0.2, 0) is 0 Å². The molecule has 1 atom stereocenters. The minimum atomic E-state index is -2.60. The number of halogens is 2. The number of fused-ring (bicyclic) bond motifs is 1. The van der Waals surface area contributed by atoms with Gasteiger partial charge in [0.15, 0.2) is 5.65 Å². The Labute approximate surface area is 92.1 Å². The van der Waals surface area contributed by atoms with Crippen molar-refractivity contribution in [3.63, 3.8) is 0 Å². The Kier molecular flexibility index (Phi) is 2.85. The summed E-state index contributed by atoms with van der Waals surface area (Å²) in [5, 5.41) is 7.38. The van der Waals surface area contributed by atoms with Crippen molar-refractivity contribution in [3.05, 3.63) is 29.7 Å². The van der Waals surface area contributed by atoms with Crippen molar-refractivity contribution < 1.29 is 8.78 Å². The molecule has 0 saturated carbocycles. The van der Waals surface area contributed by atoms with Crippen molar-refractivity contribution in [2.75, 3.05) is 0 Å². The van der Waals surface area contributed by atoms with Crippen LogP contribution < -0.4 is 0 Å². The van der Waals surface area contributed by atoms with Gasteiger partial charge in [0.05, 0.1) is 0 Å². The van der Waals surface area contributed by atoms with E-state index in [0.717, 1.165) is 12.0 Å². The van der Waals surface area contributed by atoms with Gasteiger partial charge in [-0.3, -0.25) is 4.40 Å². The molecule has 0 radical (unpaired) electrons. The molecule has 2 aromatic heterocycles. The summed E-state index contributed by atoms with van der Waals surface area (Å²) in [5.41, 5.74) is 1.50. The first-order valence-corrected chi connectivity index (χ1v) is 5.26. The first-order valence-electron chi connectivity index (χ1n) is 5.26. The van der Waals surface area contributed by atoms with Gasteiger partial charge in [0.1, 0.15) is 0 Å². The van der Waals surface area contributed by atoms with E-state index in [9.17, 15) is 8.78 Å². The second-order valence-corrected chi connectivity index (χ2v) is 3.83. The van der Waals surface area contributed by atoms with Crippen LogP contribution in [0.5, 0.6) is 0 Å². The van der Waals surface area contributed by atoms with E-state index in [-0.39, 0.29) is 5.82 Å². The molecule has 1 unspecified atom stereocenters. The van der Waals surface area contributed by atoms with E-state index in [1.54, 1.807) is 12.3 Å². The Morgan fingerprint density at radius 3 is 2.75 bits per heavy atom. The Balaban J connectivity index is 2.62. The summed E-state index contributed by atoms with van der Waals surface area (Å²) >= 11 is 0. The second kappa shape index (κ2) is 4.15. The van der Waals surface area contributed by atoms with E-state index in [2.05, 4.69) is 17.1 Å². The van der Waals surface area contributed by atoms with E-state index >= 15 is 0 Å². The molecule has 16 heavy (non-hydrogen) atoms. The molecule has 2 aromatic rings. The number of rotatable bonds is 3. The lowest BCUT2D eigenvalue weighted by Crippen LogP contribution is -1.99. The van der Waals surface area contributed by atoms with Crippen molar-refractivity contribution in [2.24, 2.45) is 0 Å². The lowest BCUT2D eigenvalue weighted by Gasteiger charge is -2.09. The molecule has 0 aliphatic heterocycles. The molecule has 0 saturated heterocycles. The fourth-order valence-electron chi connectivity index (χ4n) is 1.71. The number of hydrogen-bond donors (Lipinski definition) is 0. The average Bonchev–Trinajstić information content (AvgIpc) is 2.71. The third-order valence-electron chi connectivity index (χ3n) is 2.83. The zero-order valence-electron chi connectivity index (χ0n) is 9.19. The molecular weight excluding hydrogens is 212 g/mol. The third-order valence-corrected chi connectivity index (χ3v) is 2.83. The number of nitrogens with zero attached hydrogens (tertiary/aromatic N) is 3. The molecule has 3 nitrogen and oxygen atoms in total.